The van der Waals surface area contributed by atoms with Crippen LogP contribution in [0, 0.1) is 0 Å². The van der Waals surface area contributed by atoms with Crippen LogP contribution in [0.4, 0.5) is 0 Å². The normalized spacial score (nSPS) is 13.5. The van der Waals surface area contributed by atoms with Gasteiger partial charge >= 0.3 is 0 Å². The first-order valence-electron chi connectivity index (χ1n) is 6.72. The number of carbonyl (C=O) groups is 1. The maximum Gasteiger partial charge on any atom is 0.251 e. The number of aliphatic hydroxyl groups is 1. The van der Waals surface area contributed by atoms with Gasteiger partial charge in [0.25, 0.3) is 5.91 Å². The summed E-state index contributed by atoms with van der Waals surface area (Å²) in [5, 5.41) is 13.5. The van der Waals surface area contributed by atoms with Crippen molar-refractivity contribution >= 4 is 21.8 Å². The summed E-state index contributed by atoms with van der Waals surface area (Å²) in [4.78, 5) is 15.9. The van der Waals surface area contributed by atoms with E-state index in [1.165, 1.54) is 0 Å². The fraction of sp³-hybridized carbons (Fsp3) is 0.250. The molecule has 2 aromatic rings. The Morgan fingerprint density at radius 1 is 1.24 bits per heavy atom. The molecule has 4 nitrogen and oxygen atoms in total. The zero-order chi connectivity index (χ0) is 15.3. The van der Waals surface area contributed by atoms with Crippen molar-refractivity contribution in [2.75, 3.05) is 6.54 Å². The molecule has 0 spiro atoms. The van der Waals surface area contributed by atoms with Crippen LogP contribution in [0.1, 0.15) is 29.3 Å². The van der Waals surface area contributed by atoms with Crippen molar-refractivity contribution in [2.45, 2.75) is 18.9 Å². The van der Waals surface area contributed by atoms with Crippen LogP contribution < -0.4 is 5.32 Å². The summed E-state index contributed by atoms with van der Waals surface area (Å²) in [7, 11) is 0. The van der Waals surface area contributed by atoms with E-state index in [0.29, 0.717) is 12.0 Å². The minimum Gasteiger partial charge on any atom is -0.383 e. The van der Waals surface area contributed by atoms with Gasteiger partial charge in [-0.25, -0.2) is 0 Å². The van der Waals surface area contributed by atoms with E-state index in [2.05, 4.69) is 26.2 Å². The second-order valence-corrected chi connectivity index (χ2v) is 5.73. The second kappa shape index (κ2) is 6.83. The molecule has 0 radical (unpaired) electrons. The van der Waals surface area contributed by atoms with Crippen LogP contribution in [0.5, 0.6) is 0 Å². The first-order chi connectivity index (χ1) is 10.0. The predicted molar refractivity (Wildman–Crippen MR) is 84.9 cm³/mol. The number of rotatable bonds is 5. The van der Waals surface area contributed by atoms with Gasteiger partial charge in [-0.1, -0.05) is 35.0 Å². The lowest BCUT2D eigenvalue weighted by Gasteiger charge is -2.27. The average Bonchev–Trinajstić information content (AvgIpc) is 2.53. The van der Waals surface area contributed by atoms with E-state index in [4.69, 9.17) is 0 Å². The number of hydrogen-bond donors (Lipinski definition) is 2. The average molecular weight is 349 g/mol. The molecule has 1 aromatic carbocycles. The summed E-state index contributed by atoms with van der Waals surface area (Å²) in [5.41, 5.74) is 0.228. The van der Waals surface area contributed by atoms with E-state index in [1.807, 2.05) is 31.2 Å². The zero-order valence-corrected chi connectivity index (χ0v) is 13.3. The minimum atomic E-state index is -1.08. The van der Waals surface area contributed by atoms with E-state index >= 15 is 0 Å². The number of halogens is 1. The lowest BCUT2D eigenvalue weighted by molar-refractivity contribution is 0.0314. The Morgan fingerprint density at radius 2 is 1.86 bits per heavy atom. The van der Waals surface area contributed by atoms with Gasteiger partial charge < -0.3 is 10.4 Å². The molecule has 0 bridgehead atoms. The van der Waals surface area contributed by atoms with E-state index < -0.39 is 5.60 Å². The van der Waals surface area contributed by atoms with Crippen LogP contribution >= 0.6 is 15.9 Å². The third-order valence-corrected chi connectivity index (χ3v) is 3.98. The molecule has 5 heteroatoms. The molecular formula is C16H17BrN2O2. The highest BCUT2D eigenvalue weighted by Gasteiger charge is 2.27. The van der Waals surface area contributed by atoms with Gasteiger partial charge in [0, 0.05) is 22.4 Å². The van der Waals surface area contributed by atoms with Gasteiger partial charge in [-0.2, -0.15) is 0 Å². The van der Waals surface area contributed by atoms with Crippen molar-refractivity contribution in [3.05, 3.63) is 64.4 Å². The summed E-state index contributed by atoms with van der Waals surface area (Å²) in [6, 6.07) is 10.7. The fourth-order valence-electron chi connectivity index (χ4n) is 2.02. The molecule has 0 aliphatic rings. The van der Waals surface area contributed by atoms with E-state index in [0.717, 1.165) is 10.0 Å². The highest BCUT2D eigenvalue weighted by atomic mass is 79.9. The predicted octanol–water partition coefficient (Wildman–Crippen LogP) is 2.87. The number of nitrogens with one attached hydrogen (secondary N) is 1. The maximum absolute atomic E-state index is 12.0. The standard InChI is InChI=1S/C16H17BrN2O2/c1-2-16(21,13-3-5-14(17)6-4-13)11-19-15(20)12-7-9-18-10-8-12/h3-10,21H,2,11H2,1H3,(H,19,20)/t16-/m0/s1. The molecule has 1 atom stereocenters. The molecule has 0 aliphatic heterocycles. The van der Waals surface area contributed by atoms with Crippen LogP contribution in [0.25, 0.3) is 0 Å². The first kappa shape index (κ1) is 15.7. The van der Waals surface area contributed by atoms with Crippen LogP contribution in [0.15, 0.2) is 53.3 Å². The van der Waals surface area contributed by atoms with Gasteiger partial charge in [0.05, 0.1) is 6.54 Å². The third-order valence-electron chi connectivity index (χ3n) is 3.45. The van der Waals surface area contributed by atoms with Crippen LogP contribution in [-0.4, -0.2) is 22.5 Å². The number of benzene rings is 1. The topological polar surface area (TPSA) is 62.2 Å². The van der Waals surface area contributed by atoms with Crippen molar-refractivity contribution in [3.8, 4) is 0 Å². The molecule has 0 saturated heterocycles. The number of hydrogen-bond acceptors (Lipinski definition) is 3. The molecular weight excluding hydrogens is 332 g/mol. The van der Waals surface area contributed by atoms with Crippen molar-refractivity contribution in [1.29, 1.82) is 0 Å². The molecule has 1 aromatic heterocycles. The molecule has 2 rings (SSSR count). The molecule has 0 fully saturated rings. The third kappa shape index (κ3) is 3.89. The number of amides is 1. The molecule has 0 aliphatic carbocycles. The lowest BCUT2D eigenvalue weighted by Crippen LogP contribution is -2.40. The van der Waals surface area contributed by atoms with Crippen molar-refractivity contribution in [2.24, 2.45) is 0 Å². The highest BCUT2D eigenvalue weighted by molar-refractivity contribution is 9.10. The van der Waals surface area contributed by atoms with E-state index in [-0.39, 0.29) is 12.5 Å². The molecule has 21 heavy (non-hydrogen) atoms. The highest BCUT2D eigenvalue weighted by Crippen LogP contribution is 2.25. The molecule has 110 valence electrons. The Labute approximate surface area is 132 Å². The molecule has 2 N–H and O–H groups in total. The zero-order valence-electron chi connectivity index (χ0n) is 11.7. The van der Waals surface area contributed by atoms with Crippen molar-refractivity contribution < 1.29 is 9.90 Å². The Balaban J connectivity index is 2.08. The maximum atomic E-state index is 12.0. The Hall–Kier alpha value is -1.72. The Kier molecular flexibility index (Phi) is 5.09. The summed E-state index contributed by atoms with van der Waals surface area (Å²) < 4.78 is 0.950. The Morgan fingerprint density at radius 3 is 2.43 bits per heavy atom. The first-order valence-corrected chi connectivity index (χ1v) is 7.51. The largest absolute Gasteiger partial charge is 0.383 e. The summed E-state index contributed by atoms with van der Waals surface area (Å²) in [6.07, 6.45) is 3.64. The summed E-state index contributed by atoms with van der Waals surface area (Å²) in [5.74, 6) is -0.221. The van der Waals surface area contributed by atoms with Crippen LogP contribution in [0.3, 0.4) is 0 Å². The lowest BCUT2D eigenvalue weighted by atomic mass is 9.91. The molecule has 0 unspecified atom stereocenters. The molecule has 0 saturated carbocycles. The summed E-state index contributed by atoms with van der Waals surface area (Å²) >= 11 is 3.37. The van der Waals surface area contributed by atoms with Crippen molar-refractivity contribution in [1.82, 2.24) is 10.3 Å². The molecule has 1 amide bonds. The number of pyridine rings is 1. The van der Waals surface area contributed by atoms with Gasteiger partial charge in [-0.3, -0.25) is 9.78 Å². The van der Waals surface area contributed by atoms with Crippen molar-refractivity contribution in [3.63, 3.8) is 0 Å². The van der Waals surface area contributed by atoms with E-state index in [1.54, 1.807) is 24.5 Å². The number of nitrogens with zero attached hydrogens (tertiary/aromatic N) is 1. The minimum absolute atomic E-state index is 0.159. The van der Waals surface area contributed by atoms with Gasteiger partial charge in [0.1, 0.15) is 5.60 Å². The second-order valence-electron chi connectivity index (χ2n) is 4.81. The van der Waals surface area contributed by atoms with Gasteiger partial charge in [-0.05, 0) is 36.2 Å². The van der Waals surface area contributed by atoms with Crippen LogP contribution in [-0.2, 0) is 5.60 Å². The Bertz CT molecular complexity index is 601. The fourth-order valence-corrected chi connectivity index (χ4v) is 2.29. The van der Waals surface area contributed by atoms with Gasteiger partial charge in [-0.15, -0.1) is 0 Å². The van der Waals surface area contributed by atoms with E-state index in [9.17, 15) is 9.90 Å². The smallest absolute Gasteiger partial charge is 0.251 e. The van der Waals surface area contributed by atoms with Gasteiger partial charge in [0.15, 0.2) is 0 Å². The number of aromatic nitrogens is 1. The SMILES string of the molecule is CC[C@](O)(CNC(=O)c1ccncc1)c1ccc(Br)cc1. The summed E-state index contributed by atoms with van der Waals surface area (Å²) in [6.45, 7) is 2.05. The molecule has 1 heterocycles. The monoisotopic (exact) mass is 348 g/mol. The quantitative estimate of drug-likeness (QED) is 0.873. The number of carbonyl (C=O) groups excluding carboxylic acids is 1. The van der Waals surface area contributed by atoms with Crippen LogP contribution in [0.2, 0.25) is 0 Å². The van der Waals surface area contributed by atoms with Gasteiger partial charge in [0.2, 0.25) is 0 Å².